The summed E-state index contributed by atoms with van der Waals surface area (Å²) < 4.78 is 2.28. The number of imidazole rings is 1. The monoisotopic (exact) mass is 265 g/mol. The minimum absolute atomic E-state index is 0.591. The second-order valence-electron chi connectivity index (χ2n) is 4.96. The maximum atomic E-state index is 5.63. The Morgan fingerprint density at radius 2 is 1.70 bits per heavy atom. The fourth-order valence-electron chi connectivity index (χ4n) is 2.59. The quantitative estimate of drug-likeness (QED) is 0.787. The number of nitrogens with zero attached hydrogens (tertiary/aromatic N) is 2. The predicted molar refractivity (Wildman–Crippen MR) is 82.5 cm³/mol. The van der Waals surface area contributed by atoms with Gasteiger partial charge in [0.15, 0.2) is 0 Å². The first kappa shape index (κ1) is 12.9. The van der Waals surface area contributed by atoms with Gasteiger partial charge in [-0.2, -0.15) is 0 Å². The Balaban J connectivity index is 1.96. The topological polar surface area (TPSA) is 43.8 Å². The Bertz CT molecular complexity index is 711. The molecule has 1 aromatic heterocycles. The van der Waals surface area contributed by atoms with Crippen molar-refractivity contribution in [1.82, 2.24) is 9.55 Å². The summed E-state index contributed by atoms with van der Waals surface area (Å²) in [5, 5.41) is 0. The van der Waals surface area contributed by atoms with E-state index < -0.39 is 0 Å². The van der Waals surface area contributed by atoms with Crippen molar-refractivity contribution < 1.29 is 0 Å². The third kappa shape index (κ3) is 2.32. The van der Waals surface area contributed by atoms with Crippen molar-refractivity contribution in [2.75, 3.05) is 0 Å². The number of nitrogens with two attached hydrogens (primary N) is 1. The van der Waals surface area contributed by atoms with E-state index in [2.05, 4.69) is 54.0 Å². The Kier molecular flexibility index (Phi) is 3.52. The Morgan fingerprint density at radius 3 is 2.40 bits per heavy atom. The number of hydrogen-bond acceptors (Lipinski definition) is 2. The van der Waals surface area contributed by atoms with Gasteiger partial charge in [-0.1, -0.05) is 36.4 Å². The van der Waals surface area contributed by atoms with Crippen LogP contribution in [-0.2, 0) is 19.5 Å². The Morgan fingerprint density at radius 1 is 1.00 bits per heavy atom. The van der Waals surface area contributed by atoms with Crippen LogP contribution in [0.2, 0.25) is 0 Å². The van der Waals surface area contributed by atoms with Crippen LogP contribution in [-0.4, -0.2) is 9.55 Å². The molecule has 20 heavy (non-hydrogen) atoms. The molecule has 0 bridgehead atoms. The molecule has 102 valence electrons. The first-order chi connectivity index (χ1) is 9.81. The molecule has 0 amide bonds. The van der Waals surface area contributed by atoms with Crippen LogP contribution in [0, 0.1) is 0 Å². The third-order valence-electron chi connectivity index (χ3n) is 3.67. The number of hydrogen-bond donors (Lipinski definition) is 1. The van der Waals surface area contributed by atoms with E-state index in [1.54, 1.807) is 0 Å². The van der Waals surface area contributed by atoms with Crippen LogP contribution >= 0.6 is 0 Å². The molecule has 2 N–H and O–H groups in total. The summed E-state index contributed by atoms with van der Waals surface area (Å²) >= 11 is 0. The lowest BCUT2D eigenvalue weighted by molar-refractivity contribution is 0.733. The molecule has 0 fully saturated rings. The van der Waals surface area contributed by atoms with Crippen molar-refractivity contribution in [3.05, 3.63) is 65.5 Å². The van der Waals surface area contributed by atoms with Gasteiger partial charge in [0.1, 0.15) is 5.82 Å². The molecule has 0 saturated carbocycles. The van der Waals surface area contributed by atoms with E-state index in [1.165, 1.54) is 11.1 Å². The van der Waals surface area contributed by atoms with Gasteiger partial charge in [0.25, 0.3) is 0 Å². The maximum absolute atomic E-state index is 5.63. The molecule has 3 aromatic rings. The average molecular weight is 265 g/mol. The summed E-state index contributed by atoms with van der Waals surface area (Å²) in [6.07, 6.45) is 0.855. The van der Waals surface area contributed by atoms with Gasteiger partial charge in [-0.3, -0.25) is 0 Å². The van der Waals surface area contributed by atoms with E-state index in [4.69, 9.17) is 10.7 Å². The van der Waals surface area contributed by atoms with Crippen molar-refractivity contribution in [2.24, 2.45) is 5.73 Å². The zero-order valence-corrected chi connectivity index (χ0v) is 11.7. The molecule has 0 unspecified atom stereocenters. The van der Waals surface area contributed by atoms with E-state index in [-0.39, 0.29) is 0 Å². The smallest absolute Gasteiger partial charge is 0.114 e. The number of benzene rings is 2. The highest BCUT2D eigenvalue weighted by Crippen LogP contribution is 2.18. The van der Waals surface area contributed by atoms with Gasteiger partial charge in [0.2, 0.25) is 0 Å². The Labute approximate surface area is 119 Å². The van der Waals surface area contributed by atoms with Crippen LogP contribution in [0.4, 0.5) is 0 Å². The molecular weight excluding hydrogens is 246 g/mol. The highest BCUT2D eigenvalue weighted by atomic mass is 15.1. The summed E-state index contributed by atoms with van der Waals surface area (Å²) in [6, 6.07) is 16.8. The molecule has 3 nitrogen and oxygen atoms in total. The number of aryl methyl sites for hydroxylation is 1. The van der Waals surface area contributed by atoms with Crippen molar-refractivity contribution in [3.63, 3.8) is 0 Å². The van der Waals surface area contributed by atoms with E-state index in [0.29, 0.717) is 6.54 Å². The maximum Gasteiger partial charge on any atom is 0.114 e. The third-order valence-corrected chi connectivity index (χ3v) is 3.67. The fourth-order valence-corrected chi connectivity index (χ4v) is 2.59. The van der Waals surface area contributed by atoms with E-state index in [9.17, 15) is 0 Å². The molecule has 0 saturated heterocycles. The van der Waals surface area contributed by atoms with Gasteiger partial charge in [-0.15, -0.1) is 0 Å². The molecule has 0 aliphatic heterocycles. The standard InChI is InChI=1S/C17H19N3/c1-2-20-16-6-4-3-5-15(16)19-17(20)11-13-7-9-14(12-18)10-8-13/h3-10H,2,11-12,18H2,1H3. The van der Waals surface area contributed by atoms with Crippen molar-refractivity contribution in [1.29, 1.82) is 0 Å². The second-order valence-corrected chi connectivity index (χ2v) is 4.96. The molecule has 0 spiro atoms. The predicted octanol–water partition coefficient (Wildman–Crippen LogP) is 3.11. The number of para-hydroxylation sites is 2. The highest BCUT2D eigenvalue weighted by molar-refractivity contribution is 5.76. The Hall–Kier alpha value is -2.13. The summed E-state index contributed by atoms with van der Waals surface area (Å²) in [5.41, 5.74) is 10.4. The molecule has 3 heteroatoms. The minimum atomic E-state index is 0.591. The van der Waals surface area contributed by atoms with Crippen molar-refractivity contribution >= 4 is 11.0 Å². The van der Waals surface area contributed by atoms with Gasteiger partial charge in [-0.25, -0.2) is 4.98 Å². The lowest BCUT2D eigenvalue weighted by Crippen LogP contribution is -2.03. The zero-order chi connectivity index (χ0) is 13.9. The molecule has 0 atom stereocenters. The summed E-state index contributed by atoms with van der Waals surface area (Å²) in [7, 11) is 0. The average Bonchev–Trinajstić information content (AvgIpc) is 2.85. The van der Waals surface area contributed by atoms with Gasteiger partial charge < -0.3 is 10.3 Å². The molecule has 0 radical (unpaired) electrons. The highest BCUT2D eigenvalue weighted by Gasteiger charge is 2.09. The molecule has 0 aliphatic rings. The number of rotatable bonds is 4. The fraction of sp³-hybridized carbons (Fsp3) is 0.235. The van der Waals surface area contributed by atoms with Gasteiger partial charge in [0.05, 0.1) is 11.0 Å². The van der Waals surface area contributed by atoms with Crippen LogP contribution in [0.15, 0.2) is 48.5 Å². The normalized spacial score (nSPS) is 11.1. The van der Waals surface area contributed by atoms with Crippen LogP contribution in [0.25, 0.3) is 11.0 Å². The first-order valence-electron chi connectivity index (χ1n) is 7.04. The first-order valence-corrected chi connectivity index (χ1v) is 7.04. The van der Waals surface area contributed by atoms with Gasteiger partial charge in [0, 0.05) is 19.5 Å². The van der Waals surface area contributed by atoms with Crippen LogP contribution in [0.3, 0.4) is 0 Å². The van der Waals surface area contributed by atoms with E-state index >= 15 is 0 Å². The summed E-state index contributed by atoms with van der Waals surface area (Å²) in [4.78, 5) is 4.76. The molecule has 1 heterocycles. The SMILES string of the molecule is CCn1c(Cc2ccc(CN)cc2)nc2ccccc21. The van der Waals surface area contributed by atoms with Gasteiger partial charge >= 0.3 is 0 Å². The van der Waals surface area contributed by atoms with Crippen LogP contribution < -0.4 is 5.73 Å². The lowest BCUT2D eigenvalue weighted by atomic mass is 10.1. The number of aromatic nitrogens is 2. The second kappa shape index (κ2) is 5.47. The molecule has 2 aromatic carbocycles. The summed E-state index contributed by atoms with van der Waals surface area (Å²) in [6.45, 7) is 3.69. The van der Waals surface area contributed by atoms with Crippen molar-refractivity contribution in [3.8, 4) is 0 Å². The lowest BCUT2D eigenvalue weighted by Gasteiger charge is -2.06. The number of fused-ring (bicyclic) bond motifs is 1. The summed E-state index contributed by atoms with van der Waals surface area (Å²) in [5.74, 6) is 1.12. The molecule has 3 rings (SSSR count). The van der Waals surface area contributed by atoms with Gasteiger partial charge in [-0.05, 0) is 30.2 Å². The largest absolute Gasteiger partial charge is 0.328 e. The molecular formula is C17H19N3. The van der Waals surface area contributed by atoms with Crippen LogP contribution in [0.1, 0.15) is 23.9 Å². The van der Waals surface area contributed by atoms with Crippen LogP contribution in [0.5, 0.6) is 0 Å². The van der Waals surface area contributed by atoms with E-state index in [1.807, 2.05) is 6.07 Å². The molecule has 0 aliphatic carbocycles. The minimum Gasteiger partial charge on any atom is -0.328 e. The zero-order valence-electron chi connectivity index (χ0n) is 11.7. The van der Waals surface area contributed by atoms with E-state index in [0.717, 1.165) is 29.9 Å². The van der Waals surface area contributed by atoms with Crippen molar-refractivity contribution in [2.45, 2.75) is 26.4 Å².